The van der Waals surface area contributed by atoms with Crippen molar-refractivity contribution >= 4 is 6.03 Å². The van der Waals surface area contributed by atoms with Gasteiger partial charge < -0.3 is 19.9 Å². The number of nitrogens with zero attached hydrogens (tertiary/aromatic N) is 2. The average molecular weight is 343 g/mol. The highest BCUT2D eigenvalue weighted by Crippen LogP contribution is 2.34. The minimum atomic E-state index is 0.191. The molecule has 4 rings (SSSR count). The summed E-state index contributed by atoms with van der Waals surface area (Å²) in [5.41, 5.74) is 1.27. The van der Waals surface area contributed by atoms with E-state index in [0.717, 1.165) is 65.1 Å². The Morgan fingerprint density at radius 3 is 2.48 bits per heavy atom. The van der Waals surface area contributed by atoms with Crippen LogP contribution in [0.5, 0.6) is 0 Å². The Morgan fingerprint density at radius 2 is 1.76 bits per heavy atom. The van der Waals surface area contributed by atoms with Crippen LogP contribution in [0, 0.1) is 5.92 Å². The molecule has 1 atom stereocenters. The molecule has 1 aromatic rings. The monoisotopic (exact) mass is 343 g/mol. The normalized spacial score (nSPS) is 26.4. The van der Waals surface area contributed by atoms with E-state index in [9.17, 15) is 4.79 Å². The maximum Gasteiger partial charge on any atom is 0.320 e. The summed E-state index contributed by atoms with van der Waals surface area (Å²) in [5.74, 6) is 0.585. The van der Waals surface area contributed by atoms with Crippen LogP contribution < -0.4 is 5.32 Å². The molecule has 3 fully saturated rings. The molecule has 136 valence electrons. The highest BCUT2D eigenvalue weighted by molar-refractivity contribution is 5.78. The highest BCUT2D eigenvalue weighted by atomic mass is 16.5. The van der Waals surface area contributed by atoms with Crippen molar-refractivity contribution in [2.45, 2.75) is 37.8 Å². The van der Waals surface area contributed by atoms with E-state index in [1.807, 2.05) is 0 Å². The van der Waals surface area contributed by atoms with Crippen LogP contribution in [0.1, 0.15) is 37.3 Å². The van der Waals surface area contributed by atoms with Crippen LogP contribution in [-0.4, -0.2) is 61.3 Å². The number of carbonyl (C=O) groups excluding carboxylic acids is 1. The Labute approximate surface area is 150 Å². The average Bonchev–Trinajstić information content (AvgIpc) is 3.00. The second-order valence-electron chi connectivity index (χ2n) is 7.56. The molecule has 0 spiro atoms. The number of ether oxygens (including phenoxy) is 1. The lowest BCUT2D eigenvalue weighted by molar-refractivity contribution is 0.0576. The van der Waals surface area contributed by atoms with E-state index in [1.54, 1.807) is 0 Å². The maximum absolute atomic E-state index is 13.3. The van der Waals surface area contributed by atoms with Crippen LogP contribution in [0.15, 0.2) is 30.3 Å². The van der Waals surface area contributed by atoms with E-state index in [4.69, 9.17) is 4.74 Å². The summed E-state index contributed by atoms with van der Waals surface area (Å²) in [6, 6.07) is 11.4. The molecule has 0 bridgehead atoms. The van der Waals surface area contributed by atoms with Gasteiger partial charge in [-0.1, -0.05) is 30.3 Å². The lowest BCUT2D eigenvalue weighted by Gasteiger charge is -2.35. The minimum absolute atomic E-state index is 0.191. The Morgan fingerprint density at radius 1 is 1.04 bits per heavy atom. The zero-order chi connectivity index (χ0) is 17.1. The molecule has 0 radical (unpaired) electrons. The van der Waals surface area contributed by atoms with E-state index in [1.165, 1.54) is 5.56 Å². The van der Waals surface area contributed by atoms with Crippen LogP contribution in [0.25, 0.3) is 0 Å². The van der Waals surface area contributed by atoms with Crippen LogP contribution in [0.2, 0.25) is 0 Å². The third-order valence-corrected chi connectivity index (χ3v) is 5.93. The molecule has 0 saturated carbocycles. The fraction of sp³-hybridized carbons (Fsp3) is 0.650. The molecule has 1 N–H and O–H groups in total. The van der Waals surface area contributed by atoms with Crippen LogP contribution >= 0.6 is 0 Å². The molecular weight excluding hydrogens is 314 g/mol. The summed E-state index contributed by atoms with van der Waals surface area (Å²) in [7, 11) is 0. The van der Waals surface area contributed by atoms with Crippen molar-refractivity contribution in [3.05, 3.63) is 35.9 Å². The lowest BCUT2D eigenvalue weighted by Crippen LogP contribution is -2.46. The first-order valence-electron chi connectivity index (χ1n) is 9.73. The fourth-order valence-electron chi connectivity index (χ4n) is 4.50. The van der Waals surface area contributed by atoms with Gasteiger partial charge in [-0.3, -0.25) is 0 Å². The summed E-state index contributed by atoms with van der Waals surface area (Å²) in [6.45, 7) is 5.41. The molecule has 0 aliphatic carbocycles. The summed E-state index contributed by atoms with van der Waals surface area (Å²) in [4.78, 5) is 17.6. The lowest BCUT2D eigenvalue weighted by atomic mass is 9.99. The van der Waals surface area contributed by atoms with Crippen LogP contribution in [-0.2, 0) is 4.74 Å². The van der Waals surface area contributed by atoms with Gasteiger partial charge in [-0.05, 0) is 50.3 Å². The van der Waals surface area contributed by atoms with Crippen molar-refractivity contribution in [1.82, 2.24) is 15.1 Å². The number of benzene rings is 1. The van der Waals surface area contributed by atoms with Gasteiger partial charge in [-0.2, -0.15) is 0 Å². The van der Waals surface area contributed by atoms with Crippen LogP contribution in [0.4, 0.5) is 4.79 Å². The summed E-state index contributed by atoms with van der Waals surface area (Å²) in [6.07, 6.45) is 4.26. The van der Waals surface area contributed by atoms with Gasteiger partial charge in [-0.25, -0.2) is 4.79 Å². The van der Waals surface area contributed by atoms with Crippen molar-refractivity contribution in [3.8, 4) is 0 Å². The second kappa shape index (κ2) is 7.75. The Hall–Kier alpha value is -1.59. The molecule has 5 nitrogen and oxygen atoms in total. The topological polar surface area (TPSA) is 44.8 Å². The fourth-order valence-corrected chi connectivity index (χ4v) is 4.50. The Balaban J connectivity index is 1.53. The number of carbonyl (C=O) groups is 1. The van der Waals surface area contributed by atoms with E-state index in [2.05, 4.69) is 45.4 Å². The van der Waals surface area contributed by atoms with Gasteiger partial charge in [0.2, 0.25) is 0 Å². The summed E-state index contributed by atoms with van der Waals surface area (Å²) in [5, 5.41) is 3.42. The van der Waals surface area contributed by atoms with Gasteiger partial charge in [0, 0.05) is 32.3 Å². The molecular formula is C20H29N3O2. The third-order valence-electron chi connectivity index (χ3n) is 5.93. The quantitative estimate of drug-likeness (QED) is 0.914. The minimum Gasteiger partial charge on any atom is -0.381 e. The third kappa shape index (κ3) is 3.67. The number of hydrogen-bond donors (Lipinski definition) is 1. The molecule has 0 unspecified atom stereocenters. The first kappa shape index (κ1) is 16.9. The van der Waals surface area contributed by atoms with E-state index >= 15 is 0 Å². The first-order valence-corrected chi connectivity index (χ1v) is 9.73. The van der Waals surface area contributed by atoms with E-state index < -0.39 is 0 Å². The number of hydrogen-bond acceptors (Lipinski definition) is 3. The second-order valence-corrected chi connectivity index (χ2v) is 7.56. The first-order chi connectivity index (χ1) is 12.3. The Bertz CT molecular complexity index is 568. The predicted molar refractivity (Wildman–Crippen MR) is 97.4 cm³/mol. The number of nitrogens with one attached hydrogen (secondary N) is 1. The number of piperidine rings is 1. The molecule has 25 heavy (non-hydrogen) atoms. The summed E-state index contributed by atoms with van der Waals surface area (Å²) < 4.78 is 5.48. The van der Waals surface area contributed by atoms with Gasteiger partial charge in [0.1, 0.15) is 0 Å². The van der Waals surface area contributed by atoms with Crippen molar-refractivity contribution in [3.63, 3.8) is 0 Å². The van der Waals surface area contributed by atoms with Gasteiger partial charge in [-0.15, -0.1) is 0 Å². The van der Waals surface area contributed by atoms with Crippen molar-refractivity contribution in [2.24, 2.45) is 5.92 Å². The number of urea groups is 1. The van der Waals surface area contributed by atoms with Gasteiger partial charge in [0.05, 0.1) is 6.04 Å². The van der Waals surface area contributed by atoms with Crippen molar-refractivity contribution in [1.29, 1.82) is 0 Å². The smallest absolute Gasteiger partial charge is 0.320 e. The molecule has 3 saturated heterocycles. The van der Waals surface area contributed by atoms with Crippen LogP contribution in [0.3, 0.4) is 0 Å². The molecule has 0 aromatic heterocycles. The maximum atomic E-state index is 13.3. The standard InChI is InChI=1S/C20H29N3O2/c24-20-22(14-16-8-12-25-13-9-16)15-19(17-4-2-1-3-5-17)23(20)18-6-10-21-11-7-18/h1-5,16,18-19,21H,6-15H2/t19-/m0/s1. The SMILES string of the molecule is O=C1N(CC2CCOCC2)C[C@@H](c2ccccc2)N1C1CCNCC1. The highest BCUT2D eigenvalue weighted by Gasteiger charge is 2.42. The molecule has 3 heterocycles. The van der Waals surface area contributed by atoms with Gasteiger partial charge in [0.15, 0.2) is 0 Å². The predicted octanol–water partition coefficient (Wildman–Crippen LogP) is 2.64. The number of amides is 2. The Kier molecular flexibility index (Phi) is 5.22. The molecule has 5 heteroatoms. The van der Waals surface area contributed by atoms with Gasteiger partial charge in [0.25, 0.3) is 0 Å². The molecule has 2 amide bonds. The van der Waals surface area contributed by atoms with E-state index in [0.29, 0.717) is 12.0 Å². The van der Waals surface area contributed by atoms with E-state index in [-0.39, 0.29) is 12.1 Å². The van der Waals surface area contributed by atoms with Crippen molar-refractivity contribution in [2.75, 3.05) is 39.4 Å². The summed E-state index contributed by atoms with van der Waals surface area (Å²) >= 11 is 0. The van der Waals surface area contributed by atoms with Gasteiger partial charge >= 0.3 is 6.03 Å². The molecule has 3 aliphatic rings. The molecule has 1 aromatic carbocycles. The molecule has 3 aliphatic heterocycles. The number of rotatable bonds is 4. The zero-order valence-corrected chi connectivity index (χ0v) is 14.9. The van der Waals surface area contributed by atoms with Crippen molar-refractivity contribution < 1.29 is 9.53 Å². The zero-order valence-electron chi connectivity index (χ0n) is 14.9. The largest absolute Gasteiger partial charge is 0.381 e.